The van der Waals surface area contributed by atoms with Crippen LogP contribution in [0.2, 0.25) is 0 Å². The normalized spacial score (nSPS) is 19.6. The minimum absolute atomic E-state index is 0.120. The number of amides is 4. The van der Waals surface area contributed by atoms with Crippen LogP contribution in [-0.2, 0) is 31.9 Å². The summed E-state index contributed by atoms with van der Waals surface area (Å²) in [4.78, 5) is 71.4. The number of nitrogens with zero attached hydrogens (tertiary/aromatic N) is 4. The molecule has 7 rings (SSSR count). The van der Waals surface area contributed by atoms with E-state index in [1.165, 1.54) is 36.5 Å². The number of alkyl carbamates (subject to hydrolysis) is 2. The van der Waals surface area contributed by atoms with Crippen LogP contribution in [-0.4, -0.2) is 92.6 Å². The third-order valence-electron chi connectivity index (χ3n) is 12.0. The van der Waals surface area contributed by atoms with Crippen LogP contribution in [0.15, 0.2) is 48.8 Å². The Labute approximate surface area is 333 Å². The van der Waals surface area contributed by atoms with E-state index in [2.05, 4.69) is 57.0 Å². The van der Waals surface area contributed by atoms with Gasteiger partial charge in [0, 0.05) is 12.6 Å². The van der Waals surface area contributed by atoms with E-state index in [-0.39, 0.29) is 35.9 Å². The second kappa shape index (κ2) is 16.4. The second-order valence-electron chi connectivity index (χ2n) is 15.9. The first kappa shape index (κ1) is 39.6. The number of ether oxygens (including phenoxy) is 2. The van der Waals surface area contributed by atoms with Gasteiger partial charge in [-0.1, -0.05) is 45.0 Å². The molecule has 0 radical (unpaired) electrons. The molecule has 302 valence electrons. The Hall–Kier alpha value is -5.66. The zero-order chi connectivity index (χ0) is 40.5. The van der Waals surface area contributed by atoms with Gasteiger partial charge in [-0.25, -0.2) is 19.6 Å². The Morgan fingerprint density at radius 2 is 1.47 bits per heavy atom. The van der Waals surface area contributed by atoms with E-state index in [4.69, 9.17) is 19.4 Å². The number of carbonyl (C=O) groups is 4. The molecule has 2 aliphatic carbocycles. The van der Waals surface area contributed by atoms with E-state index in [0.29, 0.717) is 18.3 Å². The molecule has 0 unspecified atom stereocenters. The third-order valence-corrected chi connectivity index (χ3v) is 12.0. The van der Waals surface area contributed by atoms with E-state index >= 15 is 0 Å². The fourth-order valence-electron chi connectivity index (χ4n) is 9.00. The fraction of sp³-hybridized carbons (Fsp3) is 0.488. The summed E-state index contributed by atoms with van der Waals surface area (Å²) in [5.74, 6) is 1.36. The number of likely N-dealkylation sites (tertiary alicyclic amines) is 1. The van der Waals surface area contributed by atoms with E-state index in [9.17, 15) is 19.2 Å². The van der Waals surface area contributed by atoms with Gasteiger partial charge in [0.05, 0.1) is 50.1 Å². The standard InChI is InChI=1S/C43H54N8O6/c1-8-17-50(41(53)36(23(2)3)49-43(55)57-7)25(5)38-44-21-34(47-38)28-12-15-32-26(18-28)9-10-27-19-29(13-16-33(27)32)35-22-45-39(48-35)37-30-11-14-31(20-30)51(37)40(52)24(4)46-42(54)56-6/h12-13,15-16,18-19,21-25,30-31,36-37H,8-11,14,17,20H2,1-7H3,(H,44,47)(H,45,48)(H,46,54)(H,49,55)/t24-,25-,30-,31+,36-,37-/m0/s1. The van der Waals surface area contributed by atoms with Crippen LogP contribution in [0, 0.1) is 11.8 Å². The number of methoxy groups -OCH3 is 2. The maximum atomic E-state index is 13.7. The van der Waals surface area contributed by atoms with Gasteiger partial charge in [0.15, 0.2) is 0 Å². The first-order chi connectivity index (χ1) is 27.4. The molecule has 4 aromatic rings. The molecule has 0 spiro atoms. The van der Waals surface area contributed by atoms with Gasteiger partial charge in [-0.2, -0.15) is 0 Å². The number of hydrogen-bond donors (Lipinski definition) is 4. The van der Waals surface area contributed by atoms with Crippen molar-refractivity contribution in [3.8, 4) is 33.6 Å². The van der Waals surface area contributed by atoms with Crippen LogP contribution < -0.4 is 10.6 Å². The third kappa shape index (κ3) is 7.73. The van der Waals surface area contributed by atoms with Crippen LogP contribution >= 0.6 is 0 Å². The van der Waals surface area contributed by atoms with Gasteiger partial charge < -0.3 is 39.9 Å². The summed E-state index contributed by atoms with van der Waals surface area (Å²) < 4.78 is 9.51. The SMILES string of the molecule is CCCN(C(=O)[C@@H](NC(=O)OC)C(C)C)[C@@H](C)c1ncc(-c2ccc3c(c2)CCc2cc(-c4cnc([C@@H]5[C@H]6CC[C@H](C6)N5C(=O)[C@H](C)NC(=O)OC)[nH]4)ccc2-3)[nH]1. The summed E-state index contributed by atoms with van der Waals surface area (Å²) in [6.07, 6.45) is 7.89. The number of carbonyl (C=O) groups excluding carboxylic acids is 4. The highest BCUT2D eigenvalue weighted by atomic mass is 16.5. The van der Waals surface area contributed by atoms with Gasteiger partial charge in [-0.05, 0) is 110 Å². The number of H-pyrrole nitrogens is 2. The van der Waals surface area contributed by atoms with E-state index < -0.39 is 24.3 Å². The summed E-state index contributed by atoms with van der Waals surface area (Å²) in [5, 5.41) is 5.34. The molecule has 1 saturated heterocycles. The first-order valence-electron chi connectivity index (χ1n) is 20.1. The molecule has 3 heterocycles. The van der Waals surface area contributed by atoms with Crippen molar-refractivity contribution in [3.63, 3.8) is 0 Å². The van der Waals surface area contributed by atoms with Gasteiger partial charge in [0.25, 0.3) is 0 Å². The first-order valence-corrected chi connectivity index (χ1v) is 20.1. The zero-order valence-corrected chi connectivity index (χ0v) is 33.8. The van der Waals surface area contributed by atoms with E-state index in [1.807, 2.05) is 45.0 Å². The molecule has 1 aliphatic heterocycles. The highest BCUT2D eigenvalue weighted by Crippen LogP contribution is 2.50. The number of hydrogen-bond acceptors (Lipinski definition) is 8. The smallest absolute Gasteiger partial charge is 0.407 e. The lowest BCUT2D eigenvalue weighted by atomic mass is 9.83. The van der Waals surface area contributed by atoms with Crippen molar-refractivity contribution in [3.05, 3.63) is 71.6 Å². The molecule has 2 bridgehead atoms. The summed E-state index contributed by atoms with van der Waals surface area (Å²) in [5.41, 5.74) is 8.78. The second-order valence-corrected chi connectivity index (χ2v) is 15.9. The molecule has 2 fully saturated rings. The summed E-state index contributed by atoms with van der Waals surface area (Å²) >= 11 is 0. The molecule has 6 atom stereocenters. The van der Waals surface area contributed by atoms with Crippen molar-refractivity contribution in [2.24, 2.45) is 11.8 Å². The average Bonchev–Trinajstić information content (AvgIpc) is 4.06. The Balaban J connectivity index is 1.07. The molecule has 14 heteroatoms. The van der Waals surface area contributed by atoms with Crippen LogP contribution in [0.1, 0.15) is 95.2 Å². The number of aromatic nitrogens is 4. The average molecular weight is 779 g/mol. The number of fused-ring (bicyclic) bond motifs is 5. The molecule has 1 saturated carbocycles. The number of rotatable bonds is 12. The van der Waals surface area contributed by atoms with Gasteiger partial charge in [0.1, 0.15) is 23.7 Å². The molecule has 3 aliphatic rings. The van der Waals surface area contributed by atoms with Crippen molar-refractivity contribution >= 4 is 24.0 Å². The molecule has 2 aromatic carbocycles. The number of aryl methyl sites for hydroxylation is 2. The Bertz CT molecular complexity index is 2140. The van der Waals surface area contributed by atoms with Crippen LogP contribution in [0.5, 0.6) is 0 Å². The van der Waals surface area contributed by atoms with E-state index in [1.54, 1.807) is 11.8 Å². The van der Waals surface area contributed by atoms with Crippen molar-refractivity contribution in [1.29, 1.82) is 0 Å². The zero-order valence-electron chi connectivity index (χ0n) is 33.8. The lowest BCUT2D eigenvalue weighted by Crippen LogP contribution is -2.52. The molecule has 4 N–H and O–H groups in total. The van der Waals surface area contributed by atoms with E-state index in [0.717, 1.165) is 66.9 Å². The van der Waals surface area contributed by atoms with Crippen molar-refractivity contribution in [2.45, 2.75) is 103 Å². The highest BCUT2D eigenvalue weighted by Gasteiger charge is 2.50. The quantitative estimate of drug-likeness (QED) is 0.123. The van der Waals surface area contributed by atoms with Crippen LogP contribution in [0.25, 0.3) is 33.6 Å². The summed E-state index contributed by atoms with van der Waals surface area (Å²) in [6.45, 7) is 9.99. The van der Waals surface area contributed by atoms with Gasteiger partial charge in [-0.15, -0.1) is 0 Å². The van der Waals surface area contributed by atoms with Crippen LogP contribution in [0.3, 0.4) is 0 Å². The fourth-order valence-corrected chi connectivity index (χ4v) is 9.00. The Kier molecular flexibility index (Phi) is 11.4. The van der Waals surface area contributed by atoms with Gasteiger partial charge >= 0.3 is 12.2 Å². The monoisotopic (exact) mass is 778 g/mol. The van der Waals surface area contributed by atoms with Crippen molar-refractivity contribution in [1.82, 2.24) is 40.4 Å². The number of aromatic amines is 2. The minimum Gasteiger partial charge on any atom is -0.453 e. The molecule has 4 amide bonds. The molecular formula is C43H54N8O6. The number of benzene rings is 2. The molecule has 57 heavy (non-hydrogen) atoms. The lowest BCUT2D eigenvalue weighted by Gasteiger charge is -2.36. The largest absolute Gasteiger partial charge is 0.453 e. The van der Waals surface area contributed by atoms with Gasteiger partial charge in [-0.3, -0.25) is 9.59 Å². The van der Waals surface area contributed by atoms with Crippen molar-refractivity contribution in [2.75, 3.05) is 20.8 Å². The molecule has 14 nitrogen and oxygen atoms in total. The summed E-state index contributed by atoms with van der Waals surface area (Å²) in [7, 11) is 2.58. The molecular weight excluding hydrogens is 725 g/mol. The molecule has 2 aromatic heterocycles. The van der Waals surface area contributed by atoms with Gasteiger partial charge in [0.2, 0.25) is 11.8 Å². The number of imidazole rings is 2. The van der Waals surface area contributed by atoms with Crippen LogP contribution in [0.4, 0.5) is 9.59 Å². The summed E-state index contributed by atoms with van der Waals surface area (Å²) in [6, 6.07) is 11.3. The minimum atomic E-state index is -0.722. The number of piperidine rings is 1. The highest BCUT2D eigenvalue weighted by molar-refractivity contribution is 5.87. The lowest BCUT2D eigenvalue weighted by molar-refractivity contribution is -0.138. The van der Waals surface area contributed by atoms with Crippen molar-refractivity contribution < 1.29 is 28.7 Å². The number of nitrogens with one attached hydrogen (secondary N) is 4. The maximum absolute atomic E-state index is 13.7. The predicted octanol–water partition coefficient (Wildman–Crippen LogP) is 6.71. The predicted molar refractivity (Wildman–Crippen MR) is 215 cm³/mol. The Morgan fingerprint density at radius 1 is 0.860 bits per heavy atom. The Morgan fingerprint density at radius 3 is 2.09 bits per heavy atom. The topological polar surface area (TPSA) is 175 Å². The maximum Gasteiger partial charge on any atom is 0.407 e.